The average Bonchev–Trinajstić information content (AvgIpc) is 2.37. The molecule has 0 fully saturated rings. The van der Waals surface area contributed by atoms with Crippen LogP contribution in [-0.4, -0.2) is 35.6 Å². The van der Waals surface area contributed by atoms with Crippen molar-refractivity contribution in [3.8, 4) is 0 Å². The van der Waals surface area contributed by atoms with Crippen LogP contribution in [0.4, 0.5) is 4.79 Å². The van der Waals surface area contributed by atoms with Gasteiger partial charge >= 0.3 is 12.0 Å². The summed E-state index contributed by atoms with van der Waals surface area (Å²) in [7, 11) is 1.71. The van der Waals surface area contributed by atoms with Crippen LogP contribution in [-0.2, 0) is 11.3 Å². The minimum atomic E-state index is -0.982. The average molecular weight is 262 g/mol. The van der Waals surface area contributed by atoms with Gasteiger partial charge in [-0.3, -0.25) is 0 Å². The summed E-state index contributed by atoms with van der Waals surface area (Å²) in [5.41, 5.74) is 1.74. The first-order valence-corrected chi connectivity index (χ1v) is 6.02. The van der Waals surface area contributed by atoms with Crippen molar-refractivity contribution < 1.29 is 14.7 Å². The van der Waals surface area contributed by atoms with Crippen LogP contribution in [0.25, 0.3) is 6.08 Å². The molecule has 2 N–H and O–H groups in total. The Bertz CT molecular complexity index is 483. The van der Waals surface area contributed by atoms with Crippen LogP contribution in [0.15, 0.2) is 30.3 Å². The van der Waals surface area contributed by atoms with Crippen molar-refractivity contribution in [2.24, 2.45) is 0 Å². The van der Waals surface area contributed by atoms with Crippen LogP contribution >= 0.6 is 0 Å². The third-order valence-corrected chi connectivity index (χ3v) is 2.46. The number of carboxylic acids is 1. The summed E-state index contributed by atoms with van der Waals surface area (Å²) in [5.74, 6) is -0.982. The second-order valence-electron chi connectivity index (χ2n) is 4.11. The Morgan fingerprint density at radius 1 is 1.42 bits per heavy atom. The second-order valence-corrected chi connectivity index (χ2v) is 4.11. The molecule has 1 rings (SSSR count). The molecular formula is C14H18N2O3. The van der Waals surface area contributed by atoms with Gasteiger partial charge in [-0.25, -0.2) is 9.59 Å². The lowest BCUT2D eigenvalue weighted by Crippen LogP contribution is -2.36. The van der Waals surface area contributed by atoms with Gasteiger partial charge in [0.05, 0.1) is 0 Å². The van der Waals surface area contributed by atoms with Crippen molar-refractivity contribution in [3.63, 3.8) is 0 Å². The van der Waals surface area contributed by atoms with Crippen LogP contribution in [0.5, 0.6) is 0 Å². The van der Waals surface area contributed by atoms with E-state index in [1.165, 1.54) is 6.08 Å². The first-order valence-electron chi connectivity index (χ1n) is 6.02. The van der Waals surface area contributed by atoms with Crippen LogP contribution in [0.3, 0.4) is 0 Å². The third kappa shape index (κ3) is 5.25. The Hall–Kier alpha value is -2.30. The summed E-state index contributed by atoms with van der Waals surface area (Å²) >= 11 is 0. The molecule has 2 amide bonds. The highest BCUT2D eigenvalue weighted by molar-refractivity contribution is 5.85. The smallest absolute Gasteiger partial charge is 0.328 e. The number of benzene rings is 1. The van der Waals surface area contributed by atoms with E-state index in [1.807, 2.05) is 31.2 Å². The van der Waals surface area contributed by atoms with Crippen molar-refractivity contribution in [2.75, 3.05) is 13.6 Å². The number of rotatable bonds is 5. The first kappa shape index (κ1) is 14.8. The molecule has 0 unspecified atom stereocenters. The van der Waals surface area contributed by atoms with Crippen LogP contribution in [0, 0.1) is 0 Å². The topological polar surface area (TPSA) is 69.6 Å². The van der Waals surface area contributed by atoms with Crippen molar-refractivity contribution in [1.82, 2.24) is 10.2 Å². The fraction of sp³-hybridized carbons (Fsp3) is 0.286. The maximum atomic E-state index is 11.6. The zero-order valence-corrected chi connectivity index (χ0v) is 11.1. The van der Waals surface area contributed by atoms with Crippen LogP contribution in [0.1, 0.15) is 18.1 Å². The molecule has 0 aliphatic carbocycles. The molecule has 1 aromatic rings. The molecule has 1 aromatic carbocycles. The number of aliphatic carboxylic acids is 1. The number of urea groups is 1. The van der Waals surface area contributed by atoms with E-state index in [0.29, 0.717) is 13.1 Å². The number of nitrogens with one attached hydrogen (secondary N) is 1. The second kappa shape index (κ2) is 7.20. The number of carboxylic acid groups (broad SMARTS) is 1. The van der Waals surface area contributed by atoms with Gasteiger partial charge in [-0.1, -0.05) is 18.2 Å². The van der Waals surface area contributed by atoms with E-state index in [1.54, 1.807) is 11.9 Å². The zero-order chi connectivity index (χ0) is 14.3. The van der Waals surface area contributed by atoms with Crippen molar-refractivity contribution in [2.45, 2.75) is 13.5 Å². The van der Waals surface area contributed by atoms with Crippen LogP contribution in [0.2, 0.25) is 0 Å². The molecule has 0 bridgehead atoms. The Kier molecular flexibility index (Phi) is 5.60. The maximum Gasteiger partial charge on any atom is 0.328 e. The van der Waals surface area contributed by atoms with E-state index >= 15 is 0 Å². The van der Waals surface area contributed by atoms with Crippen LogP contribution < -0.4 is 5.32 Å². The minimum Gasteiger partial charge on any atom is -0.478 e. The van der Waals surface area contributed by atoms with Crippen molar-refractivity contribution in [3.05, 3.63) is 41.5 Å². The van der Waals surface area contributed by atoms with Gasteiger partial charge in [0.15, 0.2) is 0 Å². The van der Waals surface area contributed by atoms with Gasteiger partial charge < -0.3 is 15.3 Å². The van der Waals surface area contributed by atoms with Gasteiger partial charge in [0.1, 0.15) is 0 Å². The first-order chi connectivity index (χ1) is 9.02. The molecule has 19 heavy (non-hydrogen) atoms. The van der Waals surface area contributed by atoms with Gasteiger partial charge in [-0.2, -0.15) is 0 Å². The summed E-state index contributed by atoms with van der Waals surface area (Å²) in [6.45, 7) is 2.92. The Morgan fingerprint density at radius 3 is 2.79 bits per heavy atom. The Morgan fingerprint density at radius 2 is 2.16 bits per heavy atom. The molecule has 0 radical (unpaired) electrons. The molecule has 0 aliphatic rings. The molecule has 0 saturated heterocycles. The van der Waals surface area contributed by atoms with E-state index in [2.05, 4.69) is 5.32 Å². The van der Waals surface area contributed by atoms with E-state index < -0.39 is 5.97 Å². The number of nitrogens with zero attached hydrogens (tertiary/aromatic N) is 1. The largest absolute Gasteiger partial charge is 0.478 e. The van der Waals surface area contributed by atoms with E-state index in [9.17, 15) is 9.59 Å². The number of hydrogen-bond acceptors (Lipinski definition) is 2. The lowest BCUT2D eigenvalue weighted by molar-refractivity contribution is -0.131. The summed E-state index contributed by atoms with van der Waals surface area (Å²) in [5, 5.41) is 11.3. The normalized spacial score (nSPS) is 10.4. The number of carbonyl (C=O) groups excluding carboxylic acids is 1. The quantitative estimate of drug-likeness (QED) is 0.797. The van der Waals surface area contributed by atoms with Gasteiger partial charge in [0.2, 0.25) is 0 Å². The molecule has 0 heterocycles. The Labute approximate surface area is 112 Å². The van der Waals surface area contributed by atoms with E-state index in [-0.39, 0.29) is 6.03 Å². The lowest BCUT2D eigenvalue weighted by atomic mass is 10.1. The zero-order valence-electron chi connectivity index (χ0n) is 11.1. The number of amides is 2. The standard InChI is InChI=1S/C14H18N2O3/c1-3-15-14(19)16(2)10-12-6-4-5-11(9-12)7-8-13(17)18/h4-9H,3,10H2,1-2H3,(H,15,19)(H,17,18). The minimum absolute atomic E-state index is 0.131. The van der Waals surface area contributed by atoms with E-state index in [0.717, 1.165) is 17.2 Å². The molecule has 5 heteroatoms. The summed E-state index contributed by atoms with van der Waals surface area (Å²) in [4.78, 5) is 23.6. The van der Waals surface area contributed by atoms with Gasteiger partial charge in [0.25, 0.3) is 0 Å². The molecule has 0 aromatic heterocycles. The molecular weight excluding hydrogens is 244 g/mol. The van der Waals surface area contributed by atoms with Crippen molar-refractivity contribution >= 4 is 18.1 Å². The molecule has 0 atom stereocenters. The fourth-order valence-corrected chi connectivity index (χ4v) is 1.59. The number of carbonyl (C=O) groups is 2. The maximum absolute atomic E-state index is 11.6. The highest BCUT2D eigenvalue weighted by atomic mass is 16.4. The highest BCUT2D eigenvalue weighted by Crippen LogP contribution is 2.09. The molecule has 0 aliphatic heterocycles. The molecule has 0 spiro atoms. The predicted octanol–water partition coefficient (Wildman–Crippen LogP) is 1.95. The highest BCUT2D eigenvalue weighted by Gasteiger charge is 2.07. The fourth-order valence-electron chi connectivity index (χ4n) is 1.59. The molecule has 102 valence electrons. The van der Waals surface area contributed by atoms with Crippen molar-refractivity contribution in [1.29, 1.82) is 0 Å². The Balaban J connectivity index is 2.71. The monoisotopic (exact) mass is 262 g/mol. The summed E-state index contributed by atoms with van der Waals surface area (Å²) < 4.78 is 0. The number of hydrogen-bond donors (Lipinski definition) is 2. The molecule has 0 saturated carbocycles. The third-order valence-electron chi connectivity index (χ3n) is 2.46. The van der Waals surface area contributed by atoms with Gasteiger partial charge in [0, 0.05) is 26.2 Å². The predicted molar refractivity (Wildman–Crippen MR) is 73.7 cm³/mol. The van der Waals surface area contributed by atoms with Gasteiger partial charge in [-0.15, -0.1) is 0 Å². The summed E-state index contributed by atoms with van der Waals surface area (Å²) in [6, 6.07) is 7.27. The van der Waals surface area contributed by atoms with Gasteiger partial charge in [-0.05, 0) is 30.2 Å². The summed E-state index contributed by atoms with van der Waals surface area (Å²) in [6.07, 6.45) is 2.62. The lowest BCUT2D eigenvalue weighted by Gasteiger charge is -2.17. The van der Waals surface area contributed by atoms with E-state index in [4.69, 9.17) is 5.11 Å². The molecule has 5 nitrogen and oxygen atoms in total. The SMILES string of the molecule is CCNC(=O)N(C)Cc1cccc(C=CC(=O)O)c1.